The molecule has 4 nitrogen and oxygen atoms in total. The molecule has 0 aliphatic carbocycles. The summed E-state index contributed by atoms with van der Waals surface area (Å²) in [4.78, 5) is 9.84. The summed E-state index contributed by atoms with van der Waals surface area (Å²) in [6.45, 7) is 1.55. The molecule has 0 aromatic heterocycles. The second-order valence-corrected chi connectivity index (χ2v) is 2.75. The average Bonchev–Trinajstić information content (AvgIpc) is 2.15. The zero-order chi connectivity index (χ0) is 10.6. The first-order chi connectivity index (χ1) is 6.59. The molecule has 0 aliphatic heterocycles. The molecule has 1 rings (SSSR count). The van der Waals surface area contributed by atoms with Crippen molar-refractivity contribution in [1.29, 1.82) is 0 Å². The van der Waals surface area contributed by atoms with Crippen LogP contribution < -0.4 is 0 Å². The molecular formula is C10H9NO3. The normalized spacial score (nSPS) is 11.3. The Bertz CT molecular complexity index is 384. The smallest absolute Gasteiger partial charge is 0.269 e. The molecule has 0 aliphatic rings. The Hall–Kier alpha value is -1.86. The fourth-order valence-corrected chi connectivity index (χ4v) is 0.854. The highest BCUT2D eigenvalue weighted by Crippen LogP contribution is 2.10. The van der Waals surface area contributed by atoms with Crippen molar-refractivity contribution in [3.63, 3.8) is 0 Å². The van der Waals surface area contributed by atoms with Crippen molar-refractivity contribution in [2.75, 3.05) is 0 Å². The van der Waals surface area contributed by atoms with Crippen molar-refractivity contribution in [2.45, 2.75) is 13.0 Å². The van der Waals surface area contributed by atoms with Gasteiger partial charge in [0.2, 0.25) is 0 Å². The van der Waals surface area contributed by atoms with Crippen molar-refractivity contribution < 1.29 is 10.0 Å². The van der Waals surface area contributed by atoms with Gasteiger partial charge in [-0.2, -0.15) is 0 Å². The molecule has 14 heavy (non-hydrogen) atoms. The van der Waals surface area contributed by atoms with Crippen LogP contribution in [0.2, 0.25) is 0 Å². The lowest BCUT2D eigenvalue weighted by Gasteiger charge is -1.91. The minimum absolute atomic E-state index is 0.0348. The maximum Gasteiger partial charge on any atom is 0.269 e. The Balaban J connectivity index is 2.85. The summed E-state index contributed by atoms with van der Waals surface area (Å²) in [5, 5.41) is 19.2. The summed E-state index contributed by atoms with van der Waals surface area (Å²) in [7, 11) is 0. The van der Waals surface area contributed by atoms with Crippen LogP contribution in [0.15, 0.2) is 24.3 Å². The third-order valence-electron chi connectivity index (χ3n) is 1.50. The number of non-ortho nitro benzene ring substituents is 1. The van der Waals surface area contributed by atoms with E-state index >= 15 is 0 Å². The first kappa shape index (κ1) is 10.2. The Morgan fingerprint density at radius 2 is 2.00 bits per heavy atom. The summed E-state index contributed by atoms with van der Waals surface area (Å²) in [6.07, 6.45) is -0.690. The number of nitro benzene ring substituents is 1. The molecule has 0 saturated carbocycles. The molecule has 0 heterocycles. The van der Waals surface area contributed by atoms with E-state index in [1.54, 1.807) is 19.1 Å². The van der Waals surface area contributed by atoms with E-state index in [0.29, 0.717) is 5.56 Å². The van der Waals surface area contributed by atoms with E-state index in [1.165, 1.54) is 12.1 Å². The van der Waals surface area contributed by atoms with Crippen molar-refractivity contribution in [1.82, 2.24) is 0 Å². The highest BCUT2D eigenvalue weighted by Gasteiger charge is 2.02. The molecule has 0 saturated heterocycles. The molecule has 0 unspecified atom stereocenters. The van der Waals surface area contributed by atoms with Crippen LogP contribution in [0.4, 0.5) is 5.69 Å². The summed E-state index contributed by atoms with van der Waals surface area (Å²) < 4.78 is 0. The number of nitrogens with zero attached hydrogens (tertiary/aromatic N) is 1. The summed E-state index contributed by atoms with van der Waals surface area (Å²) >= 11 is 0. The molecule has 1 aromatic carbocycles. The van der Waals surface area contributed by atoms with Gasteiger partial charge in [-0.15, -0.1) is 0 Å². The first-order valence-corrected chi connectivity index (χ1v) is 4.03. The van der Waals surface area contributed by atoms with Gasteiger partial charge < -0.3 is 5.11 Å². The zero-order valence-electron chi connectivity index (χ0n) is 7.60. The van der Waals surface area contributed by atoms with E-state index in [9.17, 15) is 10.1 Å². The number of benzene rings is 1. The lowest BCUT2D eigenvalue weighted by Crippen LogP contribution is -1.92. The molecule has 72 valence electrons. The van der Waals surface area contributed by atoms with Crippen molar-refractivity contribution in [3.8, 4) is 11.8 Å². The van der Waals surface area contributed by atoms with Gasteiger partial charge in [-0.05, 0) is 19.1 Å². The lowest BCUT2D eigenvalue weighted by atomic mass is 10.2. The standard InChI is InChI=1S/C10H9NO3/c1-8(12)2-3-9-4-6-10(7-5-9)11(13)14/h4-8,12H,1H3/t8-/m0/s1. The largest absolute Gasteiger partial charge is 0.381 e. The van der Waals surface area contributed by atoms with Crippen LogP contribution >= 0.6 is 0 Å². The van der Waals surface area contributed by atoms with Crippen LogP contribution in [0.5, 0.6) is 0 Å². The molecule has 0 bridgehead atoms. The SMILES string of the molecule is C[C@H](O)C#Cc1ccc([N+](=O)[O-])cc1. The van der Waals surface area contributed by atoms with E-state index in [0.717, 1.165) is 0 Å². The Morgan fingerprint density at radius 1 is 1.43 bits per heavy atom. The molecule has 0 fully saturated rings. The van der Waals surface area contributed by atoms with Crippen LogP contribution in [0.3, 0.4) is 0 Å². The first-order valence-electron chi connectivity index (χ1n) is 4.03. The summed E-state index contributed by atoms with van der Waals surface area (Å²) in [5.41, 5.74) is 0.684. The van der Waals surface area contributed by atoms with Gasteiger partial charge in [0.15, 0.2) is 0 Å². The molecule has 4 heteroatoms. The maximum atomic E-state index is 10.3. The Labute approximate surface area is 81.3 Å². The summed E-state index contributed by atoms with van der Waals surface area (Å²) in [6, 6.07) is 5.86. The van der Waals surface area contributed by atoms with Gasteiger partial charge in [0, 0.05) is 17.7 Å². The molecule has 0 spiro atoms. The predicted octanol–water partition coefficient (Wildman–Crippen LogP) is 1.33. The third-order valence-corrected chi connectivity index (χ3v) is 1.50. The van der Waals surface area contributed by atoms with E-state index < -0.39 is 11.0 Å². The fraction of sp³-hybridized carbons (Fsp3) is 0.200. The Morgan fingerprint density at radius 3 is 2.43 bits per heavy atom. The molecule has 0 radical (unpaired) electrons. The third kappa shape index (κ3) is 2.88. The second-order valence-electron chi connectivity index (χ2n) is 2.75. The monoisotopic (exact) mass is 191 g/mol. The topological polar surface area (TPSA) is 63.4 Å². The van der Waals surface area contributed by atoms with Crippen LogP contribution in [-0.2, 0) is 0 Å². The summed E-state index contributed by atoms with van der Waals surface area (Å²) in [5.74, 6) is 5.23. The molecule has 1 atom stereocenters. The number of nitro groups is 1. The van der Waals surface area contributed by atoms with Crippen molar-refractivity contribution in [3.05, 3.63) is 39.9 Å². The predicted molar refractivity (Wildman–Crippen MR) is 51.7 cm³/mol. The van der Waals surface area contributed by atoms with E-state index in [2.05, 4.69) is 11.8 Å². The highest BCUT2D eigenvalue weighted by molar-refractivity contribution is 5.41. The Kier molecular flexibility index (Phi) is 3.21. The van der Waals surface area contributed by atoms with Crippen LogP contribution in [0, 0.1) is 22.0 Å². The van der Waals surface area contributed by atoms with E-state index in [-0.39, 0.29) is 5.69 Å². The number of aliphatic hydroxyl groups excluding tert-OH is 1. The van der Waals surface area contributed by atoms with Crippen LogP contribution in [0.1, 0.15) is 12.5 Å². The molecule has 0 amide bonds. The van der Waals surface area contributed by atoms with E-state index in [1.807, 2.05) is 0 Å². The lowest BCUT2D eigenvalue weighted by molar-refractivity contribution is -0.384. The van der Waals surface area contributed by atoms with Crippen molar-refractivity contribution >= 4 is 5.69 Å². The number of hydrogen-bond donors (Lipinski definition) is 1. The van der Waals surface area contributed by atoms with Gasteiger partial charge in [0.1, 0.15) is 6.10 Å². The van der Waals surface area contributed by atoms with Crippen LogP contribution in [0.25, 0.3) is 0 Å². The van der Waals surface area contributed by atoms with Gasteiger partial charge in [-0.3, -0.25) is 10.1 Å². The van der Waals surface area contributed by atoms with Crippen LogP contribution in [-0.4, -0.2) is 16.1 Å². The quantitative estimate of drug-likeness (QED) is 0.413. The highest BCUT2D eigenvalue weighted by atomic mass is 16.6. The zero-order valence-corrected chi connectivity index (χ0v) is 7.60. The van der Waals surface area contributed by atoms with Gasteiger partial charge in [-0.25, -0.2) is 0 Å². The number of hydrogen-bond acceptors (Lipinski definition) is 3. The van der Waals surface area contributed by atoms with Gasteiger partial charge >= 0.3 is 0 Å². The minimum atomic E-state index is -0.690. The maximum absolute atomic E-state index is 10.3. The molecule has 1 N–H and O–H groups in total. The van der Waals surface area contributed by atoms with E-state index in [4.69, 9.17) is 5.11 Å². The molecule has 1 aromatic rings. The average molecular weight is 191 g/mol. The van der Waals surface area contributed by atoms with Crippen molar-refractivity contribution in [2.24, 2.45) is 0 Å². The number of rotatable bonds is 1. The van der Waals surface area contributed by atoms with Gasteiger partial charge in [0.05, 0.1) is 4.92 Å². The van der Waals surface area contributed by atoms with Gasteiger partial charge in [0.25, 0.3) is 5.69 Å². The fourth-order valence-electron chi connectivity index (χ4n) is 0.854. The molecular weight excluding hydrogens is 182 g/mol. The number of aliphatic hydroxyl groups is 1. The minimum Gasteiger partial charge on any atom is -0.381 e. The van der Waals surface area contributed by atoms with Gasteiger partial charge in [-0.1, -0.05) is 11.8 Å². The second kappa shape index (κ2) is 4.40.